The van der Waals surface area contributed by atoms with Gasteiger partial charge in [-0.05, 0) is 29.5 Å². The van der Waals surface area contributed by atoms with Crippen LogP contribution in [0, 0.1) is 17.2 Å². The van der Waals surface area contributed by atoms with Gasteiger partial charge in [0, 0.05) is 6.04 Å². The maximum absolute atomic E-state index is 12.5. The summed E-state index contributed by atoms with van der Waals surface area (Å²) in [4.78, 5) is 24.9. The van der Waals surface area contributed by atoms with Gasteiger partial charge in [-0.2, -0.15) is 5.26 Å². The molecule has 3 rings (SSSR count). The Balaban J connectivity index is 1.77. The number of alkyl carbamates (subject to hydrolysis) is 1. The van der Waals surface area contributed by atoms with E-state index in [-0.39, 0.29) is 36.9 Å². The number of fused-ring (bicyclic) bond motifs is 2. The molecule has 6 nitrogen and oxygen atoms in total. The molecule has 0 radical (unpaired) electrons. The highest BCUT2D eigenvalue weighted by atomic mass is 16.5. The van der Waals surface area contributed by atoms with Crippen LogP contribution in [-0.2, 0) is 22.6 Å². The molecular weight excluding hydrogens is 390 g/mol. The zero-order valence-electron chi connectivity index (χ0n) is 17.6. The van der Waals surface area contributed by atoms with Crippen LogP contribution in [0.2, 0.25) is 0 Å². The summed E-state index contributed by atoms with van der Waals surface area (Å²) in [6, 6.07) is 19.0. The summed E-state index contributed by atoms with van der Waals surface area (Å²) in [5, 5.41) is 15.0. The van der Waals surface area contributed by atoms with Crippen LogP contribution in [0.4, 0.5) is 4.79 Å². The molecule has 0 aliphatic carbocycles. The summed E-state index contributed by atoms with van der Waals surface area (Å²) >= 11 is 0. The monoisotopic (exact) mass is 417 g/mol. The third-order valence-corrected chi connectivity index (χ3v) is 5.23. The topological polar surface area (TPSA) is 91.2 Å². The Kier molecular flexibility index (Phi) is 7.83. The SMILES string of the molecule is C[C@@H]1/C=C\C[C@H](NC(=O)OCc2ccccc2)c2cccc(c2)C[C@H](CC#N)NC1=O. The van der Waals surface area contributed by atoms with Crippen molar-refractivity contribution in [3.63, 3.8) is 0 Å². The molecule has 1 aliphatic heterocycles. The van der Waals surface area contributed by atoms with Gasteiger partial charge in [0.15, 0.2) is 0 Å². The molecule has 3 atom stereocenters. The number of nitrogens with zero attached hydrogens (tertiary/aromatic N) is 1. The van der Waals surface area contributed by atoms with E-state index in [1.807, 2.05) is 73.7 Å². The number of carbonyl (C=O) groups is 2. The highest BCUT2D eigenvalue weighted by Gasteiger charge is 2.20. The Morgan fingerprint density at radius 1 is 1.23 bits per heavy atom. The van der Waals surface area contributed by atoms with Gasteiger partial charge in [-0.1, -0.05) is 73.7 Å². The first kappa shape index (κ1) is 22.1. The Bertz CT molecular complexity index is 965. The van der Waals surface area contributed by atoms with Crippen LogP contribution in [0.1, 0.15) is 42.5 Å². The molecule has 0 spiro atoms. The molecule has 0 unspecified atom stereocenters. The van der Waals surface area contributed by atoms with Crippen LogP contribution in [-0.4, -0.2) is 18.0 Å². The van der Waals surface area contributed by atoms with Crippen molar-refractivity contribution in [2.45, 2.75) is 44.9 Å². The Morgan fingerprint density at radius 3 is 2.81 bits per heavy atom. The lowest BCUT2D eigenvalue weighted by Gasteiger charge is -2.22. The van der Waals surface area contributed by atoms with Gasteiger partial charge in [0.2, 0.25) is 5.91 Å². The first-order chi connectivity index (χ1) is 15.0. The smallest absolute Gasteiger partial charge is 0.407 e. The number of rotatable bonds is 4. The number of hydrogen-bond acceptors (Lipinski definition) is 4. The number of nitrogens with one attached hydrogen (secondary N) is 2. The van der Waals surface area contributed by atoms with E-state index < -0.39 is 6.09 Å². The Labute approximate surface area is 182 Å². The summed E-state index contributed by atoms with van der Waals surface area (Å²) in [5.74, 6) is -0.440. The van der Waals surface area contributed by atoms with Crippen LogP contribution in [0.3, 0.4) is 0 Å². The molecule has 2 aromatic carbocycles. The highest BCUT2D eigenvalue weighted by Crippen LogP contribution is 2.21. The second-order valence-corrected chi connectivity index (χ2v) is 7.73. The van der Waals surface area contributed by atoms with E-state index in [0.717, 1.165) is 16.7 Å². The second kappa shape index (κ2) is 11.0. The summed E-state index contributed by atoms with van der Waals surface area (Å²) in [7, 11) is 0. The van der Waals surface area contributed by atoms with Gasteiger partial charge < -0.3 is 15.4 Å². The van der Waals surface area contributed by atoms with Crippen molar-refractivity contribution in [2.24, 2.45) is 5.92 Å². The zero-order chi connectivity index (χ0) is 22.1. The minimum Gasteiger partial charge on any atom is -0.445 e. The summed E-state index contributed by atoms with van der Waals surface area (Å²) in [5.41, 5.74) is 2.87. The molecule has 1 heterocycles. The molecule has 2 aromatic rings. The summed E-state index contributed by atoms with van der Waals surface area (Å²) in [6.07, 6.45) is 4.55. The van der Waals surface area contributed by atoms with Gasteiger partial charge in [0.1, 0.15) is 6.61 Å². The molecule has 6 heteroatoms. The molecule has 0 saturated carbocycles. The van der Waals surface area contributed by atoms with Crippen molar-refractivity contribution in [3.05, 3.63) is 83.4 Å². The minimum atomic E-state index is -0.493. The van der Waals surface area contributed by atoms with E-state index >= 15 is 0 Å². The van der Waals surface area contributed by atoms with Crippen molar-refractivity contribution in [1.82, 2.24) is 10.6 Å². The Morgan fingerprint density at radius 2 is 2.03 bits per heavy atom. The molecule has 2 amide bonds. The van der Waals surface area contributed by atoms with Crippen molar-refractivity contribution in [1.29, 1.82) is 5.26 Å². The van der Waals surface area contributed by atoms with Gasteiger partial charge in [-0.3, -0.25) is 4.79 Å². The quantitative estimate of drug-likeness (QED) is 0.730. The number of hydrogen-bond donors (Lipinski definition) is 2. The number of ether oxygens (including phenoxy) is 1. The van der Waals surface area contributed by atoms with E-state index in [2.05, 4.69) is 16.7 Å². The fourth-order valence-electron chi connectivity index (χ4n) is 3.53. The third-order valence-electron chi connectivity index (χ3n) is 5.23. The molecule has 0 fully saturated rings. The van der Waals surface area contributed by atoms with E-state index in [1.54, 1.807) is 0 Å². The molecule has 1 aliphatic rings. The standard InChI is InChI=1S/C25H27N3O3/c1-18-7-5-12-23(28-25(30)31-17-19-8-3-2-4-9-19)21-11-6-10-20(15-21)16-22(13-14-26)27-24(18)29/h2-11,15,18,22-23H,12-13,16-17H2,1H3,(H,27,29)(H,28,30)/b7-5-/t18-,22+,23+/m1/s1. The van der Waals surface area contributed by atoms with E-state index in [9.17, 15) is 9.59 Å². The molecule has 31 heavy (non-hydrogen) atoms. The molecular formula is C25H27N3O3. The Hall–Kier alpha value is -3.59. The predicted molar refractivity (Wildman–Crippen MR) is 118 cm³/mol. The first-order valence-corrected chi connectivity index (χ1v) is 10.4. The van der Waals surface area contributed by atoms with Crippen molar-refractivity contribution in [3.8, 4) is 6.07 Å². The fourth-order valence-corrected chi connectivity index (χ4v) is 3.53. The van der Waals surface area contributed by atoms with Crippen molar-refractivity contribution < 1.29 is 14.3 Å². The average molecular weight is 418 g/mol. The maximum atomic E-state index is 12.5. The van der Waals surface area contributed by atoms with E-state index in [0.29, 0.717) is 12.8 Å². The maximum Gasteiger partial charge on any atom is 0.407 e. The van der Waals surface area contributed by atoms with Crippen LogP contribution in [0.5, 0.6) is 0 Å². The highest BCUT2D eigenvalue weighted by molar-refractivity contribution is 5.80. The van der Waals surface area contributed by atoms with Gasteiger partial charge >= 0.3 is 6.09 Å². The van der Waals surface area contributed by atoms with Gasteiger partial charge in [-0.25, -0.2) is 4.79 Å². The summed E-state index contributed by atoms with van der Waals surface area (Å²) < 4.78 is 5.39. The fraction of sp³-hybridized carbons (Fsp3) is 0.320. The van der Waals surface area contributed by atoms with Gasteiger partial charge in [0.05, 0.1) is 24.4 Å². The van der Waals surface area contributed by atoms with Crippen LogP contribution in [0.25, 0.3) is 0 Å². The van der Waals surface area contributed by atoms with Crippen LogP contribution < -0.4 is 10.6 Å². The van der Waals surface area contributed by atoms with Crippen molar-refractivity contribution >= 4 is 12.0 Å². The third kappa shape index (κ3) is 6.71. The first-order valence-electron chi connectivity index (χ1n) is 10.4. The average Bonchev–Trinajstić information content (AvgIpc) is 2.77. The van der Waals surface area contributed by atoms with E-state index in [4.69, 9.17) is 10.00 Å². The molecule has 160 valence electrons. The number of carbonyl (C=O) groups excluding carboxylic acids is 2. The number of nitriles is 1. The normalized spacial score (nSPS) is 22.1. The van der Waals surface area contributed by atoms with Gasteiger partial charge in [0.25, 0.3) is 0 Å². The summed E-state index contributed by atoms with van der Waals surface area (Å²) in [6.45, 7) is 2.01. The predicted octanol–water partition coefficient (Wildman–Crippen LogP) is 4.19. The van der Waals surface area contributed by atoms with Gasteiger partial charge in [-0.15, -0.1) is 0 Å². The van der Waals surface area contributed by atoms with Crippen molar-refractivity contribution in [2.75, 3.05) is 0 Å². The van der Waals surface area contributed by atoms with Crippen LogP contribution >= 0.6 is 0 Å². The number of amides is 2. The molecule has 0 aromatic heterocycles. The lowest BCUT2D eigenvalue weighted by atomic mass is 9.95. The minimum absolute atomic E-state index is 0.111. The molecule has 0 saturated heterocycles. The number of benzene rings is 2. The lowest BCUT2D eigenvalue weighted by Crippen LogP contribution is -2.39. The largest absolute Gasteiger partial charge is 0.445 e. The molecule has 2 N–H and O–H groups in total. The molecule has 2 bridgehead atoms. The second-order valence-electron chi connectivity index (χ2n) is 7.73. The van der Waals surface area contributed by atoms with Crippen LogP contribution in [0.15, 0.2) is 66.7 Å². The van der Waals surface area contributed by atoms with E-state index in [1.165, 1.54) is 0 Å². The lowest BCUT2D eigenvalue weighted by molar-refractivity contribution is -0.123. The zero-order valence-corrected chi connectivity index (χ0v) is 17.6.